The summed E-state index contributed by atoms with van der Waals surface area (Å²) < 4.78 is 42.1. The molecule has 1 fully saturated rings. The summed E-state index contributed by atoms with van der Waals surface area (Å²) in [6, 6.07) is 12.4. The molecule has 1 saturated heterocycles. The average Bonchev–Trinajstić information content (AvgIpc) is 3.48. The molecule has 1 aliphatic heterocycles. The van der Waals surface area contributed by atoms with E-state index in [0.29, 0.717) is 67.1 Å². The van der Waals surface area contributed by atoms with Crippen LogP contribution < -0.4 is 20.1 Å². The van der Waals surface area contributed by atoms with E-state index < -0.39 is 16.1 Å². The number of anilines is 2. The van der Waals surface area contributed by atoms with E-state index in [1.165, 1.54) is 28.7 Å². The van der Waals surface area contributed by atoms with Gasteiger partial charge in [0.2, 0.25) is 10.0 Å². The molecule has 0 unspecified atom stereocenters. The first kappa shape index (κ1) is 33.4. The zero-order valence-electron chi connectivity index (χ0n) is 26.6. The van der Waals surface area contributed by atoms with Crippen LogP contribution in [0.4, 0.5) is 16.3 Å². The van der Waals surface area contributed by atoms with Crippen molar-refractivity contribution < 1.29 is 27.2 Å². The van der Waals surface area contributed by atoms with Crippen molar-refractivity contribution in [1.29, 1.82) is 0 Å². The van der Waals surface area contributed by atoms with Crippen molar-refractivity contribution in [2.24, 2.45) is 0 Å². The van der Waals surface area contributed by atoms with Gasteiger partial charge in [0.1, 0.15) is 17.1 Å². The minimum absolute atomic E-state index is 0.223. The summed E-state index contributed by atoms with van der Waals surface area (Å²) in [6.07, 6.45) is 3.53. The van der Waals surface area contributed by atoms with Gasteiger partial charge in [-0.1, -0.05) is 43.8 Å². The number of nitrogens with zero attached hydrogens (tertiary/aromatic N) is 5. The largest absolute Gasteiger partial charge is 0.493 e. The van der Waals surface area contributed by atoms with Gasteiger partial charge >= 0.3 is 6.03 Å². The van der Waals surface area contributed by atoms with Crippen LogP contribution in [-0.2, 0) is 15.4 Å². The molecule has 0 atom stereocenters. The predicted molar refractivity (Wildman–Crippen MR) is 177 cm³/mol. The van der Waals surface area contributed by atoms with E-state index >= 15 is 0 Å². The Morgan fingerprint density at radius 3 is 2.52 bits per heavy atom. The normalized spacial score (nSPS) is 14.7. The minimum atomic E-state index is -3.15. The second-order valence-corrected chi connectivity index (χ2v) is 15.0. The first-order valence-corrected chi connectivity index (χ1v) is 17.5. The van der Waals surface area contributed by atoms with Crippen molar-refractivity contribution in [1.82, 2.24) is 24.3 Å². The van der Waals surface area contributed by atoms with Gasteiger partial charge < -0.3 is 24.2 Å². The Hall–Kier alpha value is -3.92. The number of amides is 2. The maximum Gasteiger partial charge on any atom is 0.324 e. The quantitative estimate of drug-likeness (QED) is 0.163. The number of piperazine rings is 1. The number of sulfonamides is 1. The fraction of sp³-hybridized carbons (Fsp3) is 0.419. The molecule has 0 saturated carbocycles. The zero-order chi connectivity index (χ0) is 32.9. The van der Waals surface area contributed by atoms with Crippen LogP contribution in [0.3, 0.4) is 0 Å². The van der Waals surface area contributed by atoms with E-state index in [1.807, 2.05) is 51.1 Å². The summed E-state index contributed by atoms with van der Waals surface area (Å²) in [5.74, 6) is 2.17. The topological polar surface area (TPSA) is 152 Å². The highest BCUT2D eigenvalue weighted by Gasteiger charge is 2.23. The number of carbonyl (C=O) groups is 1. The molecular weight excluding hydrogens is 631 g/mol. The predicted octanol–water partition coefficient (Wildman–Crippen LogP) is 5.07. The fourth-order valence-corrected chi connectivity index (χ4v) is 6.62. The van der Waals surface area contributed by atoms with Crippen molar-refractivity contribution in [3.8, 4) is 11.5 Å². The van der Waals surface area contributed by atoms with Crippen LogP contribution in [0, 0.1) is 0 Å². The Morgan fingerprint density at radius 2 is 1.83 bits per heavy atom. The number of hydrogen-bond donors (Lipinski definition) is 2. The van der Waals surface area contributed by atoms with Crippen LogP contribution in [0.5, 0.6) is 11.5 Å². The Balaban J connectivity index is 1.21. The maximum atomic E-state index is 12.6. The molecule has 3 heterocycles. The van der Waals surface area contributed by atoms with E-state index in [0.717, 1.165) is 28.3 Å². The number of aromatic nitrogens is 3. The van der Waals surface area contributed by atoms with Crippen LogP contribution in [-0.4, -0.2) is 91.5 Å². The molecule has 5 rings (SSSR count). The lowest BCUT2D eigenvalue weighted by atomic mass is 9.93. The third-order valence-corrected chi connectivity index (χ3v) is 9.67. The van der Waals surface area contributed by atoms with Gasteiger partial charge in [-0.3, -0.25) is 5.32 Å². The molecule has 0 radical (unpaired) electrons. The average molecular weight is 670 g/mol. The summed E-state index contributed by atoms with van der Waals surface area (Å²) in [5, 5.41) is 11.0. The molecule has 246 valence electrons. The molecule has 4 aromatic rings. The van der Waals surface area contributed by atoms with Gasteiger partial charge in [-0.05, 0) is 30.7 Å². The lowest BCUT2D eigenvalue weighted by Gasteiger charge is -2.33. The van der Waals surface area contributed by atoms with Crippen LogP contribution in [0.15, 0.2) is 63.2 Å². The summed E-state index contributed by atoms with van der Waals surface area (Å²) >= 11 is 1.44. The summed E-state index contributed by atoms with van der Waals surface area (Å²) in [6.45, 7) is 9.69. The lowest BCUT2D eigenvalue weighted by Crippen LogP contribution is -2.48. The monoisotopic (exact) mass is 669 g/mol. The van der Waals surface area contributed by atoms with Crippen molar-refractivity contribution in [2.75, 3.05) is 63.3 Å². The van der Waals surface area contributed by atoms with Crippen molar-refractivity contribution >= 4 is 50.2 Å². The van der Waals surface area contributed by atoms with Gasteiger partial charge in [0.15, 0.2) is 17.3 Å². The van der Waals surface area contributed by atoms with Gasteiger partial charge in [0, 0.05) is 66.2 Å². The second kappa shape index (κ2) is 14.2. The first-order chi connectivity index (χ1) is 21.9. The molecule has 0 aliphatic carbocycles. The molecule has 2 aromatic carbocycles. The lowest BCUT2D eigenvalue weighted by molar-refractivity contribution is 0.174. The number of methoxy groups -OCH3 is 1. The molecule has 0 spiro atoms. The Kier molecular flexibility index (Phi) is 10.4. The molecular formula is C31H39N7O6S2. The first-order valence-electron chi connectivity index (χ1n) is 14.9. The molecule has 1 aliphatic rings. The molecule has 2 amide bonds. The second-order valence-electron chi connectivity index (χ2n) is 11.9. The van der Waals surface area contributed by atoms with Crippen LogP contribution in [0.2, 0.25) is 0 Å². The van der Waals surface area contributed by atoms with Gasteiger partial charge in [0.05, 0.1) is 25.5 Å². The van der Waals surface area contributed by atoms with Crippen molar-refractivity contribution in [3.05, 3.63) is 54.6 Å². The highest BCUT2D eigenvalue weighted by Crippen LogP contribution is 2.38. The number of fused-ring (bicyclic) bond motifs is 1. The fourth-order valence-electron chi connectivity index (χ4n) is 4.86. The van der Waals surface area contributed by atoms with Crippen molar-refractivity contribution in [2.45, 2.75) is 42.5 Å². The maximum absolute atomic E-state index is 12.6. The number of nitrogens with one attached hydrogen (secondary N) is 2. The van der Waals surface area contributed by atoms with Crippen LogP contribution in [0.1, 0.15) is 33.0 Å². The molecule has 15 heteroatoms. The van der Waals surface area contributed by atoms with Gasteiger partial charge in [-0.25, -0.2) is 23.2 Å². The number of ether oxygens (including phenoxy) is 2. The van der Waals surface area contributed by atoms with Crippen molar-refractivity contribution in [3.63, 3.8) is 0 Å². The third kappa shape index (κ3) is 8.66. The van der Waals surface area contributed by atoms with Crippen LogP contribution >= 0.6 is 11.8 Å². The van der Waals surface area contributed by atoms with E-state index in [1.54, 1.807) is 19.2 Å². The van der Waals surface area contributed by atoms with Gasteiger partial charge in [-0.2, -0.15) is 4.31 Å². The van der Waals surface area contributed by atoms with Gasteiger partial charge in [-0.15, -0.1) is 0 Å². The number of carbonyl (C=O) groups excluding carboxylic acids is 1. The highest BCUT2D eigenvalue weighted by molar-refractivity contribution is 7.99. The van der Waals surface area contributed by atoms with E-state index in [2.05, 4.69) is 30.7 Å². The van der Waals surface area contributed by atoms with E-state index in [9.17, 15) is 13.2 Å². The summed E-state index contributed by atoms with van der Waals surface area (Å²) in [4.78, 5) is 24.7. The SMILES string of the molecule is COc1cc2ncnc(Sc3cccc(NC(=O)Nc4cc(C(C)(C)C)on4)c3)c2cc1OCCCN1CCN(S(C)(=O)=O)CC1. The molecule has 0 bridgehead atoms. The molecule has 13 nitrogen and oxygen atoms in total. The highest BCUT2D eigenvalue weighted by atomic mass is 32.2. The summed E-state index contributed by atoms with van der Waals surface area (Å²) in [5.41, 5.74) is 1.09. The Labute approximate surface area is 273 Å². The smallest absolute Gasteiger partial charge is 0.324 e. The van der Waals surface area contributed by atoms with Gasteiger partial charge in [0.25, 0.3) is 0 Å². The Bertz CT molecular complexity index is 1780. The molecule has 46 heavy (non-hydrogen) atoms. The number of rotatable bonds is 11. The van der Waals surface area contributed by atoms with E-state index in [-0.39, 0.29) is 5.41 Å². The number of urea groups is 1. The summed E-state index contributed by atoms with van der Waals surface area (Å²) in [7, 11) is -1.56. The number of benzene rings is 2. The molecule has 2 N–H and O–H groups in total. The Morgan fingerprint density at radius 1 is 1.04 bits per heavy atom. The minimum Gasteiger partial charge on any atom is -0.493 e. The molecule has 2 aromatic heterocycles. The zero-order valence-corrected chi connectivity index (χ0v) is 28.2. The number of hydrogen-bond acceptors (Lipinski definition) is 11. The van der Waals surface area contributed by atoms with E-state index in [4.69, 9.17) is 14.0 Å². The van der Waals surface area contributed by atoms with Crippen LogP contribution in [0.25, 0.3) is 10.9 Å². The standard InChI is InChI=1S/C31H39N7O6S2/c1-31(2,3)27-19-28(36-44-27)35-30(39)34-21-8-6-9-22(16-21)45-29-23-17-26(25(42-4)18-24(23)32-20-33-29)43-15-7-10-37-11-13-38(14-12-37)46(5,40)41/h6,8-9,16-20H,7,10-15H2,1-5H3,(H2,34,35,36,39). The third-order valence-electron chi connectivity index (χ3n) is 7.36.